The van der Waals surface area contributed by atoms with Gasteiger partial charge in [0.15, 0.2) is 0 Å². The maximum absolute atomic E-state index is 12.8. The number of halogens is 6. The average Bonchev–Trinajstić information content (AvgIpc) is 2.34. The molecule has 0 saturated carbocycles. The van der Waals surface area contributed by atoms with Crippen molar-refractivity contribution < 1.29 is 36.2 Å². The zero-order chi connectivity index (χ0) is 17.6. The second-order valence-corrected chi connectivity index (χ2v) is 5.32. The number of rotatable bonds is 2. The Kier molecular flexibility index (Phi) is 4.31. The summed E-state index contributed by atoms with van der Waals surface area (Å²) in [5.74, 6) is -1.23. The van der Waals surface area contributed by atoms with Crippen LogP contribution in [0.3, 0.4) is 0 Å². The van der Waals surface area contributed by atoms with E-state index in [0.717, 1.165) is 4.90 Å². The molecule has 126 valence electrons. The number of thiocarbonyl (C=S) groups is 1. The van der Waals surface area contributed by atoms with E-state index >= 15 is 0 Å². The second-order valence-electron chi connectivity index (χ2n) is 4.94. The number of likely N-dealkylation sites (tertiary alicyclic amines) is 1. The van der Waals surface area contributed by atoms with Gasteiger partial charge in [-0.3, -0.25) is 0 Å². The molecule has 0 aromatic heterocycles. The molecule has 0 amide bonds. The normalized spacial score (nSPS) is 18.5. The topological polar surface area (TPSA) is 40.5 Å². The van der Waals surface area contributed by atoms with Crippen LogP contribution in [0.5, 0.6) is 0 Å². The minimum Gasteiger partial charge on any atom is -0.480 e. The first-order valence-corrected chi connectivity index (χ1v) is 6.65. The molecule has 1 aromatic carbocycles. The largest absolute Gasteiger partial charge is 0.480 e. The van der Waals surface area contributed by atoms with Crippen molar-refractivity contribution in [2.75, 3.05) is 6.54 Å². The Morgan fingerprint density at radius 1 is 1.09 bits per heavy atom. The summed E-state index contributed by atoms with van der Waals surface area (Å²) in [5, 5.41) is 8.91. The number of alkyl halides is 6. The standard InChI is InChI=1S/C13H9F6NO2S/c14-12(15,16)7-3-6(4-8(5-7)13(17,18)19)10(23)20-2-1-9(20)11(21)22/h3-5,9H,1-2H2,(H,21,22)/t9-/m1/s1. The van der Waals surface area contributed by atoms with E-state index in [4.69, 9.17) is 17.3 Å². The zero-order valence-electron chi connectivity index (χ0n) is 11.2. The lowest BCUT2D eigenvalue weighted by Gasteiger charge is -2.40. The summed E-state index contributed by atoms with van der Waals surface area (Å²) < 4.78 is 76.7. The van der Waals surface area contributed by atoms with Crippen molar-refractivity contribution in [1.82, 2.24) is 4.90 Å². The predicted molar refractivity (Wildman–Crippen MR) is 70.9 cm³/mol. The molecule has 0 radical (unpaired) electrons. The second kappa shape index (κ2) is 5.66. The smallest absolute Gasteiger partial charge is 0.416 e. The first-order chi connectivity index (χ1) is 10.4. The number of nitrogens with zero attached hydrogens (tertiary/aromatic N) is 1. The van der Waals surface area contributed by atoms with Gasteiger partial charge in [0.1, 0.15) is 11.0 Å². The van der Waals surface area contributed by atoms with Crippen molar-refractivity contribution in [3.63, 3.8) is 0 Å². The van der Waals surface area contributed by atoms with E-state index in [9.17, 15) is 31.1 Å². The molecule has 10 heteroatoms. The highest BCUT2D eigenvalue weighted by atomic mass is 32.1. The number of carboxylic acids is 1. The molecular weight excluding hydrogens is 348 g/mol. The highest BCUT2D eigenvalue weighted by molar-refractivity contribution is 7.80. The molecule has 3 nitrogen and oxygen atoms in total. The number of benzene rings is 1. The van der Waals surface area contributed by atoms with E-state index in [1.807, 2.05) is 0 Å². The highest BCUT2D eigenvalue weighted by Gasteiger charge is 2.40. The molecule has 2 rings (SSSR count). The fourth-order valence-corrected chi connectivity index (χ4v) is 2.47. The summed E-state index contributed by atoms with van der Waals surface area (Å²) in [6, 6.07) is -0.0491. The maximum atomic E-state index is 12.8. The van der Waals surface area contributed by atoms with Gasteiger partial charge in [0.25, 0.3) is 0 Å². The van der Waals surface area contributed by atoms with E-state index in [-0.39, 0.29) is 24.0 Å². The van der Waals surface area contributed by atoms with Crippen LogP contribution in [0.15, 0.2) is 18.2 Å². The molecule has 23 heavy (non-hydrogen) atoms. The lowest BCUT2D eigenvalue weighted by Crippen LogP contribution is -2.54. The van der Waals surface area contributed by atoms with E-state index < -0.39 is 41.1 Å². The van der Waals surface area contributed by atoms with Gasteiger partial charge in [-0.1, -0.05) is 12.2 Å². The van der Waals surface area contributed by atoms with Crippen LogP contribution in [0.2, 0.25) is 0 Å². The van der Waals surface area contributed by atoms with Crippen molar-refractivity contribution in [3.8, 4) is 0 Å². The van der Waals surface area contributed by atoms with E-state index in [0.29, 0.717) is 12.1 Å². The van der Waals surface area contributed by atoms with Gasteiger partial charge in [-0.25, -0.2) is 4.79 Å². The summed E-state index contributed by atoms with van der Waals surface area (Å²) in [4.78, 5) is 11.7. The van der Waals surface area contributed by atoms with Crippen molar-refractivity contribution >= 4 is 23.2 Å². The summed E-state index contributed by atoms with van der Waals surface area (Å²) in [6.45, 7) is 0.160. The van der Waals surface area contributed by atoms with Crippen LogP contribution in [-0.2, 0) is 17.1 Å². The molecule has 1 atom stereocenters. The van der Waals surface area contributed by atoms with Crippen molar-refractivity contribution in [2.45, 2.75) is 24.8 Å². The lowest BCUT2D eigenvalue weighted by atomic mass is 9.99. The fourth-order valence-electron chi connectivity index (χ4n) is 2.13. The Hall–Kier alpha value is -1.84. The third-order valence-electron chi connectivity index (χ3n) is 3.40. The third kappa shape index (κ3) is 3.57. The number of carbonyl (C=O) groups is 1. The van der Waals surface area contributed by atoms with Crippen LogP contribution in [0.4, 0.5) is 26.3 Å². The zero-order valence-corrected chi connectivity index (χ0v) is 12.0. The monoisotopic (exact) mass is 357 g/mol. The Bertz CT molecular complexity index is 623. The Morgan fingerprint density at radius 3 is 1.87 bits per heavy atom. The van der Waals surface area contributed by atoms with Gasteiger partial charge in [-0.2, -0.15) is 26.3 Å². The van der Waals surface area contributed by atoms with Gasteiger partial charge in [0, 0.05) is 12.1 Å². The van der Waals surface area contributed by atoms with Crippen molar-refractivity contribution in [3.05, 3.63) is 34.9 Å². The molecule has 1 heterocycles. The van der Waals surface area contributed by atoms with E-state index in [2.05, 4.69) is 0 Å². The molecule has 1 N–H and O–H groups in total. The molecule has 1 saturated heterocycles. The minimum absolute atomic E-state index is 0.00308. The average molecular weight is 357 g/mol. The lowest BCUT2D eigenvalue weighted by molar-refractivity contribution is -0.145. The van der Waals surface area contributed by atoms with Crippen LogP contribution in [-0.4, -0.2) is 33.6 Å². The number of aliphatic carboxylic acids is 1. The number of hydrogen-bond donors (Lipinski definition) is 1. The molecule has 1 aliphatic rings. The van der Waals surface area contributed by atoms with Crippen LogP contribution in [0.25, 0.3) is 0 Å². The molecule has 1 aromatic rings. The highest BCUT2D eigenvalue weighted by Crippen LogP contribution is 2.37. The first kappa shape index (κ1) is 17.5. The van der Waals surface area contributed by atoms with Crippen LogP contribution < -0.4 is 0 Å². The van der Waals surface area contributed by atoms with Gasteiger partial charge in [0.05, 0.1) is 11.1 Å². The Labute approximate surface area is 131 Å². The molecule has 1 fully saturated rings. The summed E-state index contributed by atoms with van der Waals surface area (Å²) in [7, 11) is 0. The first-order valence-electron chi connectivity index (χ1n) is 6.24. The number of carboxylic acid groups (broad SMARTS) is 1. The SMILES string of the molecule is O=C(O)[C@H]1CCN1C(=S)c1cc(C(F)(F)F)cc(C(F)(F)F)c1. The van der Waals surface area contributed by atoms with Gasteiger partial charge < -0.3 is 10.0 Å². The minimum atomic E-state index is -4.98. The van der Waals surface area contributed by atoms with Gasteiger partial charge in [-0.05, 0) is 24.6 Å². The molecular formula is C13H9F6NO2S. The maximum Gasteiger partial charge on any atom is 0.416 e. The molecule has 0 spiro atoms. The van der Waals surface area contributed by atoms with Gasteiger partial charge in [0.2, 0.25) is 0 Å². The van der Waals surface area contributed by atoms with Crippen LogP contribution in [0, 0.1) is 0 Å². The molecule has 0 unspecified atom stereocenters. The molecule has 0 bridgehead atoms. The quantitative estimate of drug-likeness (QED) is 0.649. The summed E-state index contributed by atoms with van der Waals surface area (Å²) in [6.07, 6.45) is -9.74. The van der Waals surface area contributed by atoms with E-state index in [1.54, 1.807) is 0 Å². The summed E-state index contributed by atoms with van der Waals surface area (Å²) >= 11 is 4.88. The summed E-state index contributed by atoms with van der Waals surface area (Å²) in [5.41, 5.74) is -3.46. The molecule has 0 aliphatic carbocycles. The fraction of sp³-hybridized carbons (Fsp3) is 0.385. The van der Waals surface area contributed by atoms with Gasteiger partial charge >= 0.3 is 18.3 Å². The molecule has 1 aliphatic heterocycles. The van der Waals surface area contributed by atoms with Crippen molar-refractivity contribution in [1.29, 1.82) is 0 Å². The van der Waals surface area contributed by atoms with Crippen LogP contribution in [0.1, 0.15) is 23.1 Å². The third-order valence-corrected chi connectivity index (χ3v) is 3.87. The van der Waals surface area contributed by atoms with Crippen molar-refractivity contribution in [2.24, 2.45) is 0 Å². The van der Waals surface area contributed by atoms with Crippen LogP contribution >= 0.6 is 12.2 Å². The Morgan fingerprint density at radius 2 is 1.57 bits per heavy atom. The number of hydrogen-bond acceptors (Lipinski definition) is 2. The Balaban J connectivity index is 2.45. The van der Waals surface area contributed by atoms with E-state index in [1.165, 1.54) is 0 Å². The van der Waals surface area contributed by atoms with Gasteiger partial charge in [-0.15, -0.1) is 0 Å². The predicted octanol–water partition coefficient (Wildman–Crippen LogP) is 3.56.